The third-order valence-electron chi connectivity index (χ3n) is 3.92. The molecule has 0 aliphatic carbocycles. The minimum atomic E-state index is -0.196. The number of hydrogen-bond donors (Lipinski definition) is 2. The highest BCUT2D eigenvalue weighted by molar-refractivity contribution is 5.79. The fourth-order valence-electron chi connectivity index (χ4n) is 2.54. The Bertz CT molecular complexity index is 641. The van der Waals surface area contributed by atoms with Crippen LogP contribution >= 0.6 is 0 Å². The van der Waals surface area contributed by atoms with Crippen LogP contribution in [0.3, 0.4) is 0 Å². The Morgan fingerprint density at radius 3 is 2.32 bits per heavy atom. The zero-order valence-corrected chi connectivity index (χ0v) is 15.0. The lowest BCUT2D eigenvalue weighted by Crippen LogP contribution is -2.41. The van der Waals surface area contributed by atoms with Gasteiger partial charge in [0.2, 0.25) is 0 Å². The maximum Gasteiger partial charge on any atom is 0.191 e. The van der Waals surface area contributed by atoms with Gasteiger partial charge in [-0.1, -0.05) is 42.5 Å². The molecule has 0 atom stereocenters. The molecule has 0 aliphatic heterocycles. The molecule has 0 aromatic heterocycles. The lowest BCUT2D eigenvalue weighted by molar-refractivity contribution is 0.331. The molecule has 0 saturated carbocycles. The van der Waals surface area contributed by atoms with Crippen LogP contribution in [0.15, 0.2) is 59.6 Å². The fraction of sp³-hybridized carbons (Fsp3) is 0.350. The highest BCUT2D eigenvalue weighted by Gasteiger charge is 2.02. The van der Waals surface area contributed by atoms with Crippen LogP contribution in [0.5, 0.6) is 0 Å². The standard InChI is InChI=1S/C20H27FN4/c1-22-20(23-13-12-17-6-4-3-5-7-17)24-14-15-25(2)16-18-8-10-19(21)11-9-18/h3-11H,12-16H2,1-2H3,(H2,22,23,24). The second-order valence-corrected chi connectivity index (χ2v) is 6.03. The summed E-state index contributed by atoms with van der Waals surface area (Å²) in [5, 5.41) is 6.64. The molecule has 0 bridgehead atoms. The van der Waals surface area contributed by atoms with Crippen molar-refractivity contribution >= 4 is 5.96 Å². The van der Waals surface area contributed by atoms with Crippen molar-refractivity contribution in [2.24, 2.45) is 4.99 Å². The summed E-state index contributed by atoms with van der Waals surface area (Å²) in [6.45, 7) is 3.30. The average Bonchev–Trinajstić information content (AvgIpc) is 2.63. The number of nitrogens with zero attached hydrogens (tertiary/aromatic N) is 2. The Kier molecular flexibility index (Phi) is 7.92. The summed E-state index contributed by atoms with van der Waals surface area (Å²) in [7, 11) is 3.83. The van der Waals surface area contributed by atoms with Gasteiger partial charge in [0.15, 0.2) is 5.96 Å². The van der Waals surface area contributed by atoms with E-state index in [1.165, 1.54) is 17.7 Å². The molecule has 134 valence electrons. The minimum Gasteiger partial charge on any atom is -0.356 e. The van der Waals surface area contributed by atoms with Gasteiger partial charge in [-0.3, -0.25) is 4.99 Å². The second-order valence-electron chi connectivity index (χ2n) is 6.03. The first-order chi connectivity index (χ1) is 12.2. The second kappa shape index (κ2) is 10.5. The first-order valence-corrected chi connectivity index (χ1v) is 8.59. The van der Waals surface area contributed by atoms with Crippen LogP contribution in [0.2, 0.25) is 0 Å². The molecule has 0 saturated heterocycles. The average molecular weight is 342 g/mol. The maximum absolute atomic E-state index is 12.9. The summed E-state index contributed by atoms with van der Waals surface area (Å²) >= 11 is 0. The van der Waals surface area contributed by atoms with Crippen LogP contribution in [0.1, 0.15) is 11.1 Å². The van der Waals surface area contributed by atoms with E-state index in [-0.39, 0.29) is 5.82 Å². The van der Waals surface area contributed by atoms with Gasteiger partial charge >= 0.3 is 0 Å². The van der Waals surface area contributed by atoms with Gasteiger partial charge in [-0.05, 0) is 36.7 Å². The minimum absolute atomic E-state index is 0.196. The van der Waals surface area contributed by atoms with Crippen molar-refractivity contribution in [3.8, 4) is 0 Å². The van der Waals surface area contributed by atoms with Gasteiger partial charge in [0.25, 0.3) is 0 Å². The van der Waals surface area contributed by atoms with Crippen molar-refractivity contribution in [2.45, 2.75) is 13.0 Å². The monoisotopic (exact) mass is 342 g/mol. The van der Waals surface area contributed by atoms with Crippen LogP contribution in [-0.4, -0.2) is 44.6 Å². The molecule has 0 radical (unpaired) electrons. The number of aliphatic imine (C=N–C) groups is 1. The van der Waals surface area contributed by atoms with Crippen molar-refractivity contribution in [1.29, 1.82) is 0 Å². The summed E-state index contributed by atoms with van der Waals surface area (Å²) in [5.74, 6) is 0.615. The van der Waals surface area contributed by atoms with Gasteiger partial charge in [-0.25, -0.2) is 4.39 Å². The summed E-state index contributed by atoms with van der Waals surface area (Å²) in [4.78, 5) is 6.44. The van der Waals surface area contributed by atoms with Crippen LogP contribution in [0.25, 0.3) is 0 Å². The van der Waals surface area contributed by atoms with Crippen molar-refractivity contribution in [2.75, 3.05) is 33.7 Å². The smallest absolute Gasteiger partial charge is 0.191 e. The van der Waals surface area contributed by atoms with E-state index < -0.39 is 0 Å². The highest BCUT2D eigenvalue weighted by Crippen LogP contribution is 2.05. The summed E-state index contributed by atoms with van der Waals surface area (Å²) in [6.07, 6.45) is 0.964. The number of halogens is 1. The maximum atomic E-state index is 12.9. The lowest BCUT2D eigenvalue weighted by atomic mass is 10.1. The van der Waals surface area contributed by atoms with Gasteiger partial charge in [0.05, 0.1) is 0 Å². The summed E-state index contributed by atoms with van der Waals surface area (Å²) in [5.41, 5.74) is 2.42. The van der Waals surface area contributed by atoms with Gasteiger partial charge in [-0.15, -0.1) is 0 Å². The van der Waals surface area contributed by atoms with E-state index in [4.69, 9.17) is 0 Å². The number of hydrogen-bond acceptors (Lipinski definition) is 2. The summed E-state index contributed by atoms with van der Waals surface area (Å²) in [6, 6.07) is 17.0. The topological polar surface area (TPSA) is 39.7 Å². The Balaban J connectivity index is 1.64. The largest absolute Gasteiger partial charge is 0.356 e. The molecule has 0 heterocycles. The molecule has 25 heavy (non-hydrogen) atoms. The Hall–Kier alpha value is -2.40. The molecule has 2 aromatic carbocycles. The zero-order valence-electron chi connectivity index (χ0n) is 15.0. The molecule has 0 aliphatic rings. The Labute approximate surface area is 149 Å². The number of likely N-dealkylation sites (N-methyl/N-ethyl adjacent to an activating group) is 1. The molecule has 2 N–H and O–H groups in total. The molecule has 5 heteroatoms. The molecule has 4 nitrogen and oxygen atoms in total. The fourth-order valence-corrected chi connectivity index (χ4v) is 2.54. The van der Waals surface area contributed by atoms with E-state index in [0.717, 1.165) is 44.1 Å². The Morgan fingerprint density at radius 1 is 0.960 bits per heavy atom. The molecule has 0 spiro atoms. The van der Waals surface area contributed by atoms with E-state index in [0.29, 0.717) is 0 Å². The quantitative estimate of drug-likeness (QED) is 0.572. The number of benzene rings is 2. The molecule has 0 amide bonds. The number of nitrogens with one attached hydrogen (secondary N) is 2. The van der Waals surface area contributed by atoms with E-state index in [1.807, 2.05) is 18.2 Å². The third kappa shape index (κ3) is 7.35. The first kappa shape index (κ1) is 18.9. The molecular formula is C20H27FN4. The number of guanidine groups is 1. The first-order valence-electron chi connectivity index (χ1n) is 8.59. The van der Waals surface area contributed by atoms with Crippen molar-refractivity contribution in [3.05, 3.63) is 71.5 Å². The molecule has 0 unspecified atom stereocenters. The van der Waals surface area contributed by atoms with E-state index in [2.05, 4.69) is 51.8 Å². The van der Waals surface area contributed by atoms with Crippen molar-refractivity contribution < 1.29 is 4.39 Å². The SMILES string of the molecule is CN=C(NCCc1ccccc1)NCCN(C)Cc1ccc(F)cc1. The van der Waals surface area contributed by atoms with E-state index >= 15 is 0 Å². The van der Waals surface area contributed by atoms with Gasteiger partial charge in [-0.2, -0.15) is 0 Å². The third-order valence-corrected chi connectivity index (χ3v) is 3.92. The molecule has 2 rings (SSSR count). The molecule has 0 fully saturated rings. The van der Waals surface area contributed by atoms with Crippen LogP contribution in [-0.2, 0) is 13.0 Å². The van der Waals surface area contributed by atoms with Crippen LogP contribution in [0, 0.1) is 5.82 Å². The van der Waals surface area contributed by atoms with Crippen molar-refractivity contribution in [3.63, 3.8) is 0 Å². The Morgan fingerprint density at radius 2 is 1.64 bits per heavy atom. The van der Waals surface area contributed by atoms with Gasteiger partial charge in [0.1, 0.15) is 5.82 Å². The molecule has 2 aromatic rings. The highest BCUT2D eigenvalue weighted by atomic mass is 19.1. The van der Waals surface area contributed by atoms with Crippen molar-refractivity contribution in [1.82, 2.24) is 15.5 Å². The van der Waals surface area contributed by atoms with Crippen LogP contribution in [0.4, 0.5) is 4.39 Å². The van der Waals surface area contributed by atoms with Gasteiger partial charge in [0, 0.05) is 33.2 Å². The lowest BCUT2D eigenvalue weighted by Gasteiger charge is -2.18. The normalized spacial score (nSPS) is 11.6. The van der Waals surface area contributed by atoms with E-state index in [1.54, 1.807) is 7.05 Å². The predicted octanol–water partition coefficient (Wildman–Crippen LogP) is 2.67. The zero-order chi connectivity index (χ0) is 17.9. The predicted molar refractivity (Wildman–Crippen MR) is 102 cm³/mol. The van der Waals surface area contributed by atoms with E-state index in [9.17, 15) is 4.39 Å². The van der Waals surface area contributed by atoms with Crippen LogP contribution < -0.4 is 10.6 Å². The molecular weight excluding hydrogens is 315 g/mol. The summed E-state index contributed by atoms with van der Waals surface area (Å²) < 4.78 is 12.9. The van der Waals surface area contributed by atoms with Gasteiger partial charge < -0.3 is 15.5 Å². The number of rotatable bonds is 8.